The molecule has 0 saturated heterocycles. The molecule has 194 valence electrons. The van der Waals surface area contributed by atoms with E-state index in [1.165, 1.54) is 7.94 Å². The highest BCUT2D eigenvalue weighted by molar-refractivity contribution is 7.90. The smallest absolute Gasteiger partial charge is 0.246 e. The molecule has 0 aliphatic heterocycles. The Kier molecular flexibility index (Phi) is 5.66. The van der Waals surface area contributed by atoms with Crippen LogP contribution in [0.4, 0.5) is 0 Å². The van der Waals surface area contributed by atoms with Crippen LogP contribution in [0.15, 0.2) is 101 Å². The summed E-state index contributed by atoms with van der Waals surface area (Å²) >= 11 is 0. The summed E-state index contributed by atoms with van der Waals surface area (Å²) in [6, 6.07) is 24.8. The first-order valence-electron chi connectivity index (χ1n) is 12.5. The van der Waals surface area contributed by atoms with Crippen molar-refractivity contribution in [3.8, 4) is 0 Å². The molecule has 38 heavy (non-hydrogen) atoms. The molecular formula is C30H28N2O4S2. The molecule has 0 amide bonds. The highest BCUT2D eigenvalue weighted by atomic mass is 32.2. The third-order valence-electron chi connectivity index (χ3n) is 7.53. The molecule has 0 radical (unpaired) electrons. The molecule has 0 unspecified atom stereocenters. The van der Waals surface area contributed by atoms with Crippen molar-refractivity contribution < 1.29 is 16.8 Å². The van der Waals surface area contributed by atoms with Crippen molar-refractivity contribution >= 4 is 30.9 Å². The van der Waals surface area contributed by atoms with Gasteiger partial charge >= 0.3 is 0 Å². The normalized spacial score (nSPS) is 17.7. The number of nitrogens with zero attached hydrogens (tertiary/aromatic N) is 2. The lowest BCUT2D eigenvalue weighted by Gasteiger charge is -2.14. The number of aryl methyl sites for hydroxylation is 3. The van der Waals surface area contributed by atoms with E-state index in [1.54, 1.807) is 60.8 Å². The van der Waals surface area contributed by atoms with Gasteiger partial charge in [0.15, 0.2) is 0 Å². The van der Waals surface area contributed by atoms with E-state index in [1.807, 2.05) is 51.1 Å². The largest absolute Gasteiger partial charge is 0.268 e. The van der Waals surface area contributed by atoms with E-state index in [4.69, 9.17) is 0 Å². The molecule has 1 aliphatic rings. The molecule has 0 N–H and O–H groups in total. The second-order valence-electron chi connectivity index (χ2n) is 10.1. The second kappa shape index (κ2) is 8.71. The van der Waals surface area contributed by atoms with Crippen molar-refractivity contribution in [2.24, 2.45) is 0 Å². The number of benzene rings is 3. The van der Waals surface area contributed by atoms with Gasteiger partial charge in [0.1, 0.15) is 0 Å². The first-order valence-corrected chi connectivity index (χ1v) is 15.4. The summed E-state index contributed by atoms with van der Waals surface area (Å²) in [6.45, 7) is 5.79. The average Bonchev–Trinajstić information content (AvgIpc) is 3.38. The minimum atomic E-state index is -3.88. The Bertz CT molecular complexity index is 1900. The van der Waals surface area contributed by atoms with Gasteiger partial charge in [-0.1, -0.05) is 53.6 Å². The maximum absolute atomic E-state index is 14.0. The third-order valence-corrected chi connectivity index (χ3v) is 11.0. The van der Waals surface area contributed by atoms with Crippen LogP contribution in [0.2, 0.25) is 0 Å². The van der Waals surface area contributed by atoms with Crippen molar-refractivity contribution in [2.45, 2.75) is 48.8 Å². The predicted octanol–water partition coefficient (Wildman–Crippen LogP) is 6.11. The van der Waals surface area contributed by atoms with Crippen LogP contribution in [0.1, 0.15) is 46.3 Å². The maximum Gasteiger partial charge on any atom is 0.268 e. The van der Waals surface area contributed by atoms with Gasteiger partial charge in [0.25, 0.3) is 20.0 Å². The Morgan fingerprint density at radius 2 is 1.24 bits per heavy atom. The monoisotopic (exact) mass is 544 g/mol. The second-order valence-corrected chi connectivity index (χ2v) is 13.7. The summed E-state index contributed by atoms with van der Waals surface area (Å²) in [5, 5.41) is 0.881. The zero-order valence-electron chi connectivity index (χ0n) is 21.4. The van der Waals surface area contributed by atoms with Crippen LogP contribution in [0.5, 0.6) is 0 Å². The fourth-order valence-corrected chi connectivity index (χ4v) is 8.48. The minimum Gasteiger partial charge on any atom is -0.246 e. The van der Waals surface area contributed by atoms with Gasteiger partial charge in [-0.3, -0.25) is 0 Å². The van der Waals surface area contributed by atoms with Gasteiger partial charge in [-0.05, 0) is 75.2 Å². The lowest BCUT2D eigenvalue weighted by molar-refractivity contribution is 0.582. The van der Waals surface area contributed by atoms with Gasteiger partial charge in [0.05, 0.1) is 15.3 Å². The topological polar surface area (TPSA) is 78.1 Å². The van der Waals surface area contributed by atoms with Crippen LogP contribution in [0, 0.1) is 20.8 Å². The molecule has 2 atom stereocenters. The highest BCUT2D eigenvalue weighted by Gasteiger charge is 2.47. The Hall–Kier alpha value is -3.62. The highest BCUT2D eigenvalue weighted by Crippen LogP contribution is 2.57. The molecule has 2 heterocycles. The zero-order chi connectivity index (χ0) is 26.8. The SMILES string of the molecule is Cc1ccc(S(=O)(=O)n2cccc2[C@@H]2C[C@@H]2c2c(C)c3ccccc3n2S(=O)(=O)c2ccc(C)cc2)cc1. The van der Waals surface area contributed by atoms with Crippen LogP contribution in [-0.2, 0) is 20.0 Å². The Morgan fingerprint density at radius 3 is 1.87 bits per heavy atom. The minimum absolute atomic E-state index is 0.125. The Morgan fingerprint density at radius 1 is 0.658 bits per heavy atom. The van der Waals surface area contributed by atoms with Crippen LogP contribution < -0.4 is 0 Å². The summed E-state index contributed by atoms with van der Waals surface area (Å²) in [5.74, 6) is -0.260. The van der Waals surface area contributed by atoms with Gasteiger partial charge in [-0.15, -0.1) is 0 Å². The van der Waals surface area contributed by atoms with Gasteiger partial charge in [0, 0.05) is 34.8 Å². The molecule has 1 saturated carbocycles. The number of hydrogen-bond donors (Lipinski definition) is 0. The molecule has 0 spiro atoms. The number of aromatic nitrogens is 2. The molecule has 0 bridgehead atoms. The van der Waals surface area contributed by atoms with Crippen molar-refractivity contribution in [3.63, 3.8) is 0 Å². The lowest BCUT2D eigenvalue weighted by Crippen LogP contribution is -2.17. The summed E-state index contributed by atoms with van der Waals surface area (Å²) in [6.07, 6.45) is 2.24. The first kappa shape index (κ1) is 24.7. The van der Waals surface area contributed by atoms with Crippen molar-refractivity contribution in [2.75, 3.05) is 0 Å². The van der Waals surface area contributed by atoms with Gasteiger partial charge in [-0.25, -0.2) is 24.8 Å². The number of fused-ring (bicyclic) bond motifs is 1. The van der Waals surface area contributed by atoms with E-state index in [0.717, 1.165) is 27.8 Å². The van der Waals surface area contributed by atoms with E-state index < -0.39 is 20.0 Å². The maximum atomic E-state index is 14.0. The van der Waals surface area contributed by atoms with E-state index in [9.17, 15) is 16.8 Å². The zero-order valence-corrected chi connectivity index (χ0v) is 23.0. The summed E-state index contributed by atoms with van der Waals surface area (Å²) < 4.78 is 57.9. The van der Waals surface area contributed by atoms with Crippen molar-refractivity contribution in [1.82, 2.24) is 7.94 Å². The molecular weight excluding hydrogens is 516 g/mol. The number of rotatable bonds is 6. The van der Waals surface area contributed by atoms with Gasteiger partial charge in [-0.2, -0.15) is 0 Å². The average molecular weight is 545 g/mol. The van der Waals surface area contributed by atoms with Crippen LogP contribution in [0.25, 0.3) is 10.9 Å². The molecule has 1 fully saturated rings. The van der Waals surface area contributed by atoms with E-state index in [2.05, 4.69) is 0 Å². The predicted molar refractivity (Wildman–Crippen MR) is 149 cm³/mol. The van der Waals surface area contributed by atoms with Gasteiger partial charge in [0.2, 0.25) is 0 Å². The lowest BCUT2D eigenvalue weighted by atomic mass is 10.1. The molecule has 1 aliphatic carbocycles. The van der Waals surface area contributed by atoms with Gasteiger partial charge < -0.3 is 0 Å². The summed E-state index contributed by atoms with van der Waals surface area (Å²) in [4.78, 5) is 0.456. The fourth-order valence-electron chi connectivity index (χ4n) is 5.42. The molecule has 3 aromatic carbocycles. The number of hydrogen-bond acceptors (Lipinski definition) is 4. The van der Waals surface area contributed by atoms with Crippen LogP contribution >= 0.6 is 0 Å². The summed E-state index contributed by atoms with van der Waals surface area (Å²) in [7, 11) is -7.67. The van der Waals surface area contributed by atoms with E-state index >= 15 is 0 Å². The fraction of sp³-hybridized carbons (Fsp3) is 0.200. The Balaban J connectivity index is 1.47. The van der Waals surface area contributed by atoms with Crippen LogP contribution in [-0.4, -0.2) is 24.8 Å². The van der Waals surface area contributed by atoms with E-state index in [0.29, 0.717) is 17.6 Å². The van der Waals surface area contributed by atoms with Crippen molar-refractivity contribution in [1.29, 1.82) is 0 Å². The standard InChI is InChI=1S/C30H28N2O4S2/c1-20-10-14-23(15-11-20)37(33,34)31-18-6-9-28(31)26-19-27(26)30-22(3)25-7-4-5-8-29(25)32(30)38(35,36)24-16-12-21(2)13-17-24/h4-18,26-27H,19H2,1-3H3/t26-,27+/m1/s1. The van der Waals surface area contributed by atoms with Crippen molar-refractivity contribution in [3.05, 3.63) is 119 Å². The molecule has 8 heteroatoms. The quantitative estimate of drug-likeness (QED) is 0.258. The number of para-hydroxylation sites is 1. The molecule has 5 aromatic rings. The van der Waals surface area contributed by atoms with E-state index in [-0.39, 0.29) is 21.6 Å². The Labute approximate surface area is 223 Å². The molecule has 2 aromatic heterocycles. The molecule has 6 rings (SSSR count). The summed E-state index contributed by atoms with van der Waals surface area (Å²) in [5.41, 5.74) is 4.89. The van der Waals surface area contributed by atoms with Crippen LogP contribution in [0.3, 0.4) is 0 Å². The third kappa shape index (κ3) is 3.82. The first-order chi connectivity index (χ1) is 18.1. The molecule has 6 nitrogen and oxygen atoms in total.